The highest BCUT2D eigenvalue weighted by Gasteiger charge is 2.34. The van der Waals surface area contributed by atoms with Gasteiger partial charge in [-0.1, -0.05) is 0 Å². The monoisotopic (exact) mass is 274 g/mol. The van der Waals surface area contributed by atoms with Gasteiger partial charge in [-0.15, -0.1) is 0 Å². The van der Waals surface area contributed by atoms with E-state index in [1.165, 1.54) is 12.8 Å². The lowest BCUT2D eigenvalue weighted by atomic mass is 9.99. The van der Waals surface area contributed by atoms with E-state index in [0.717, 1.165) is 18.7 Å². The van der Waals surface area contributed by atoms with Crippen molar-refractivity contribution in [1.29, 1.82) is 0 Å². The Morgan fingerprint density at radius 1 is 1.30 bits per heavy atom. The van der Waals surface area contributed by atoms with Gasteiger partial charge in [0, 0.05) is 38.4 Å². The van der Waals surface area contributed by atoms with E-state index in [4.69, 9.17) is 0 Å². The number of anilines is 1. The highest BCUT2D eigenvalue weighted by molar-refractivity contribution is 5.94. The van der Waals surface area contributed by atoms with Crippen molar-refractivity contribution in [1.82, 2.24) is 15.6 Å². The number of aromatic nitrogens is 1. The van der Waals surface area contributed by atoms with E-state index < -0.39 is 0 Å². The minimum atomic E-state index is -0.00546. The highest BCUT2D eigenvalue weighted by Crippen LogP contribution is 2.26. The predicted octanol–water partition coefficient (Wildman–Crippen LogP) is 1.16. The fourth-order valence-electron chi connectivity index (χ4n) is 3.23. The molecule has 2 saturated heterocycles. The summed E-state index contributed by atoms with van der Waals surface area (Å²) in [5.74, 6) is 0.857. The molecule has 2 aliphatic rings. The van der Waals surface area contributed by atoms with E-state index in [-0.39, 0.29) is 5.91 Å². The van der Waals surface area contributed by atoms with E-state index in [9.17, 15) is 4.79 Å². The molecule has 2 unspecified atom stereocenters. The van der Waals surface area contributed by atoms with Crippen LogP contribution in [0, 0.1) is 0 Å². The van der Waals surface area contributed by atoms with E-state index in [0.29, 0.717) is 23.7 Å². The van der Waals surface area contributed by atoms with Crippen LogP contribution in [0.15, 0.2) is 18.3 Å². The molecule has 2 atom stereocenters. The molecule has 108 valence electrons. The number of hydrogen-bond acceptors (Lipinski definition) is 4. The summed E-state index contributed by atoms with van der Waals surface area (Å²) in [5, 5.41) is 6.74. The van der Waals surface area contributed by atoms with Gasteiger partial charge in [0.2, 0.25) is 0 Å². The molecule has 0 aliphatic carbocycles. The van der Waals surface area contributed by atoms with Crippen LogP contribution < -0.4 is 15.5 Å². The molecule has 5 nitrogen and oxygen atoms in total. The second kappa shape index (κ2) is 5.40. The molecule has 1 amide bonds. The van der Waals surface area contributed by atoms with Gasteiger partial charge in [-0.25, -0.2) is 4.98 Å². The molecule has 0 aromatic carbocycles. The Morgan fingerprint density at radius 2 is 2.00 bits per heavy atom. The molecule has 0 spiro atoms. The third kappa shape index (κ3) is 2.77. The van der Waals surface area contributed by atoms with Crippen molar-refractivity contribution in [3.8, 4) is 0 Å². The van der Waals surface area contributed by atoms with Crippen LogP contribution in [0.4, 0.5) is 5.82 Å². The van der Waals surface area contributed by atoms with Crippen molar-refractivity contribution in [2.24, 2.45) is 0 Å². The molecule has 0 radical (unpaired) electrons. The van der Waals surface area contributed by atoms with Gasteiger partial charge in [0.25, 0.3) is 5.91 Å². The molecule has 1 aromatic rings. The van der Waals surface area contributed by atoms with Crippen molar-refractivity contribution in [2.75, 3.05) is 19.0 Å². The fraction of sp³-hybridized carbons (Fsp3) is 0.600. The summed E-state index contributed by atoms with van der Waals surface area (Å²) in [6, 6.07) is 5.20. The second-order valence-electron chi connectivity index (χ2n) is 6.08. The smallest absolute Gasteiger partial charge is 0.253 e. The molecule has 3 rings (SSSR count). The maximum atomic E-state index is 12.2. The van der Waals surface area contributed by atoms with Gasteiger partial charge in [0.1, 0.15) is 5.82 Å². The molecule has 20 heavy (non-hydrogen) atoms. The number of nitrogens with zero attached hydrogens (tertiary/aromatic N) is 2. The molecule has 5 heteroatoms. The van der Waals surface area contributed by atoms with Gasteiger partial charge in [-0.3, -0.25) is 4.79 Å². The Kier molecular flexibility index (Phi) is 3.61. The summed E-state index contributed by atoms with van der Waals surface area (Å²) in [7, 11) is 3.87. The normalized spacial score (nSPS) is 28.2. The highest BCUT2D eigenvalue weighted by atomic mass is 16.1. The van der Waals surface area contributed by atoms with Crippen molar-refractivity contribution >= 4 is 11.7 Å². The van der Waals surface area contributed by atoms with E-state index in [1.54, 1.807) is 6.20 Å². The zero-order valence-electron chi connectivity index (χ0n) is 12.1. The first-order valence-electron chi connectivity index (χ1n) is 7.32. The number of hydrogen-bond donors (Lipinski definition) is 2. The van der Waals surface area contributed by atoms with Crippen LogP contribution in [0.2, 0.25) is 0 Å². The average molecular weight is 274 g/mol. The zero-order valence-corrected chi connectivity index (χ0v) is 12.1. The summed E-state index contributed by atoms with van der Waals surface area (Å²) in [5.41, 5.74) is 0.640. The largest absolute Gasteiger partial charge is 0.363 e. The first kappa shape index (κ1) is 13.4. The topological polar surface area (TPSA) is 57.3 Å². The first-order chi connectivity index (χ1) is 9.61. The molecule has 1 aromatic heterocycles. The molecule has 2 aliphatic heterocycles. The van der Waals surface area contributed by atoms with Crippen LogP contribution in [-0.2, 0) is 0 Å². The number of rotatable bonds is 3. The molecular formula is C15H22N4O. The minimum absolute atomic E-state index is 0.00546. The van der Waals surface area contributed by atoms with E-state index in [1.807, 2.05) is 31.1 Å². The Morgan fingerprint density at radius 3 is 2.55 bits per heavy atom. The zero-order chi connectivity index (χ0) is 14.1. The predicted molar refractivity (Wildman–Crippen MR) is 79.0 cm³/mol. The average Bonchev–Trinajstić information content (AvgIpc) is 2.78. The van der Waals surface area contributed by atoms with Crippen LogP contribution in [0.25, 0.3) is 0 Å². The maximum absolute atomic E-state index is 12.2. The van der Waals surface area contributed by atoms with Crippen LogP contribution in [0.5, 0.6) is 0 Å². The van der Waals surface area contributed by atoms with Crippen LogP contribution >= 0.6 is 0 Å². The van der Waals surface area contributed by atoms with E-state index in [2.05, 4.69) is 15.6 Å². The Bertz CT molecular complexity index is 473. The third-order valence-corrected chi connectivity index (χ3v) is 4.28. The van der Waals surface area contributed by atoms with Crippen molar-refractivity contribution in [3.05, 3.63) is 23.9 Å². The lowest BCUT2D eigenvalue weighted by molar-refractivity contribution is 0.0923. The lowest BCUT2D eigenvalue weighted by Crippen LogP contribution is -2.48. The number of fused-ring (bicyclic) bond motifs is 2. The van der Waals surface area contributed by atoms with Crippen molar-refractivity contribution in [2.45, 2.75) is 43.8 Å². The summed E-state index contributed by atoms with van der Waals surface area (Å²) >= 11 is 0. The molecule has 2 bridgehead atoms. The van der Waals surface area contributed by atoms with E-state index >= 15 is 0 Å². The molecule has 0 saturated carbocycles. The summed E-state index contributed by atoms with van der Waals surface area (Å²) in [6.07, 6.45) is 6.24. The Balaban J connectivity index is 1.61. The van der Waals surface area contributed by atoms with Gasteiger partial charge in [-0.05, 0) is 37.8 Å². The number of carbonyl (C=O) groups excluding carboxylic acids is 1. The fourth-order valence-corrected chi connectivity index (χ4v) is 3.23. The number of amides is 1. The van der Waals surface area contributed by atoms with Gasteiger partial charge in [-0.2, -0.15) is 0 Å². The maximum Gasteiger partial charge on any atom is 0.253 e. The number of nitrogens with one attached hydrogen (secondary N) is 2. The minimum Gasteiger partial charge on any atom is -0.363 e. The summed E-state index contributed by atoms with van der Waals surface area (Å²) < 4.78 is 0. The number of piperidine rings is 1. The molecule has 2 fully saturated rings. The quantitative estimate of drug-likeness (QED) is 0.868. The molecule has 3 heterocycles. The lowest BCUT2D eigenvalue weighted by Gasteiger charge is -2.29. The van der Waals surface area contributed by atoms with Gasteiger partial charge in [0.15, 0.2) is 0 Å². The van der Waals surface area contributed by atoms with Crippen LogP contribution in [0.3, 0.4) is 0 Å². The third-order valence-electron chi connectivity index (χ3n) is 4.28. The van der Waals surface area contributed by atoms with Crippen LogP contribution in [-0.4, -0.2) is 43.1 Å². The van der Waals surface area contributed by atoms with Gasteiger partial charge >= 0.3 is 0 Å². The first-order valence-corrected chi connectivity index (χ1v) is 7.32. The standard InChI is InChI=1S/C15H22N4O/c1-19(2)14-6-3-10(9-16-14)15(20)18-13-7-11-4-5-12(8-13)17-11/h3,6,9,11-13,17H,4-5,7-8H2,1-2H3,(H,18,20). The van der Waals surface area contributed by atoms with Crippen molar-refractivity contribution in [3.63, 3.8) is 0 Å². The second-order valence-corrected chi connectivity index (χ2v) is 6.08. The van der Waals surface area contributed by atoms with Gasteiger partial charge < -0.3 is 15.5 Å². The Hall–Kier alpha value is -1.62. The molecular weight excluding hydrogens is 252 g/mol. The summed E-state index contributed by atoms with van der Waals surface area (Å²) in [6.45, 7) is 0. The van der Waals surface area contributed by atoms with Crippen LogP contribution in [0.1, 0.15) is 36.0 Å². The summed E-state index contributed by atoms with van der Waals surface area (Å²) in [4.78, 5) is 18.5. The number of carbonyl (C=O) groups is 1. The molecule has 2 N–H and O–H groups in total. The Labute approximate surface area is 119 Å². The van der Waals surface area contributed by atoms with Gasteiger partial charge in [0.05, 0.1) is 5.56 Å². The SMILES string of the molecule is CN(C)c1ccc(C(=O)NC2CC3CCC(C2)N3)cn1. The van der Waals surface area contributed by atoms with Crippen molar-refractivity contribution < 1.29 is 4.79 Å². The number of pyridine rings is 1.